The minimum absolute atomic E-state index is 0.103. The van der Waals surface area contributed by atoms with Gasteiger partial charge in [-0.2, -0.15) is 0 Å². The van der Waals surface area contributed by atoms with E-state index >= 15 is 0 Å². The maximum absolute atomic E-state index is 12.8. The van der Waals surface area contributed by atoms with Gasteiger partial charge in [0.1, 0.15) is 12.0 Å². The molecule has 0 bridgehead atoms. The summed E-state index contributed by atoms with van der Waals surface area (Å²) in [6, 6.07) is 15.6. The van der Waals surface area contributed by atoms with Gasteiger partial charge >= 0.3 is 0 Å². The van der Waals surface area contributed by atoms with Crippen LogP contribution in [-0.4, -0.2) is 39.8 Å². The standard InChI is InChI=1S/C29H25N5O3/c1-18(16-35)11-12-26(30-4)29(37)31-25-10-6-9-24(20(25)3)23-8-5-7-22(19(23)2)21-13-14-34-27(15-21)32-33-28(34)17-36/h5-17H,4H2,1-3H3,(H,31,37)/b18-11+,26-12-. The summed E-state index contributed by atoms with van der Waals surface area (Å²) in [7, 11) is 0. The number of pyridine rings is 1. The van der Waals surface area contributed by atoms with Crippen molar-refractivity contribution in [3.63, 3.8) is 0 Å². The number of anilines is 1. The molecule has 0 fully saturated rings. The summed E-state index contributed by atoms with van der Waals surface area (Å²) >= 11 is 0. The van der Waals surface area contributed by atoms with E-state index in [4.69, 9.17) is 0 Å². The Bertz CT molecular complexity index is 1610. The molecular formula is C29H25N5O3. The fourth-order valence-corrected chi connectivity index (χ4v) is 4.10. The van der Waals surface area contributed by atoms with Gasteiger partial charge in [-0.05, 0) is 90.7 Å². The van der Waals surface area contributed by atoms with Crippen LogP contribution >= 0.6 is 0 Å². The van der Waals surface area contributed by atoms with Crippen LogP contribution in [0.2, 0.25) is 0 Å². The summed E-state index contributed by atoms with van der Waals surface area (Å²) in [5.74, 6) is -0.173. The van der Waals surface area contributed by atoms with Crippen molar-refractivity contribution >= 4 is 36.5 Å². The molecule has 0 aliphatic heterocycles. The summed E-state index contributed by atoms with van der Waals surface area (Å²) in [4.78, 5) is 38.6. The molecule has 4 aromatic rings. The highest BCUT2D eigenvalue weighted by Crippen LogP contribution is 2.35. The molecular weight excluding hydrogens is 466 g/mol. The van der Waals surface area contributed by atoms with Crippen molar-refractivity contribution in [1.29, 1.82) is 0 Å². The van der Waals surface area contributed by atoms with E-state index in [1.54, 1.807) is 17.5 Å². The van der Waals surface area contributed by atoms with E-state index in [9.17, 15) is 14.4 Å². The Labute approximate surface area is 214 Å². The van der Waals surface area contributed by atoms with Crippen LogP contribution in [0.5, 0.6) is 0 Å². The van der Waals surface area contributed by atoms with Gasteiger partial charge < -0.3 is 5.32 Å². The van der Waals surface area contributed by atoms with E-state index in [0.29, 0.717) is 29.5 Å². The number of carbonyl (C=O) groups excluding carboxylic acids is 3. The number of carbonyl (C=O) groups is 3. The predicted molar refractivity (Wildman–Crippen MR) is 145 cm³/mol. The SMILES string of the molecule is C=N/C(=C\C=C(/C)C=O)C(=O)Nc1cccc(-c2cccc(-c3ccn4c(C=O)nnc4c3)c2C)c1C. The van der Waals surface area contributed by atoms with E-state index in [1.165, 1.54) is 12.2 Å². The molecule has 184 valence electrons. The number of aromatic nitrogens is 3. The highest BCUT2D eigenvalue weighted by molar-refractivity contribution is 6.05. The zero-order valence-corrected chi connectivity index (χ0v) is 20.7. The lowest BCUT2D eigenvalue weighted by Crippen LogP contribution is -2.14. The number of nitrogens with zero attached hydrogens (tertiary/aromatic N) is 4. The fraction of sp³-hybridized carbons (Fsp3) is 0.103. The van der Waals surface area contributed by atoms with Crippen molar-refractivity contribution in [3.05, 3.63) is 95.1 Å². The van der Waals surface area contributed by atoms with Gasteiger partial charge in [-0.25, -0.2) is 0 Å². The Hall–Kier alpha value is -4.98. The first-order valence-corrected chi connectivity index (χ1v) is 11.5. The van der Waals surface area contributed by atoms with Crippen LogP contribution in [-0.2, 0) is 9.59 Å². The van der Waals surface area contributed by atoms with Crippen LogP contribution in [0.25, 0.3) is 27.9 Å². The third-order valence-electron chi connectivity index (χ3n) is 6.15. The Morgan fingerprint density at radius 2 is 1.68 bits per heavy atom. The molecule has 37 heavy (non-hydrogen) atoms. The largest absolute Gasteiger partial charge is 0.320 e. The second kappa shape index (κ2) is 10.7. The number of nitrogens with one attached hydrogen (secondary N) is 1. The molecule has 0 radical (unpaired) electrons. The summed E-state index contributed by atoms with van der Waals surface area (Å²) in [6.45, 7) is 9.10. The van der Waals surface area contributed by atoms with Gasteiger partial charge in [0.2, 0.25) is 5.82 Å². The molecule has 2 heterocycles. The third-order valence-corrected chi connectivity index (χ3v) is 6.15. The molecule has 0 unspecified atom stereocenters. The van der Waals surface area contributed by atoms with Crippen LogP contribution in [0.3, 0.4) is 0 Å². The number of allylic oxidation sites excluding steroid dienone is 3. The van der Waals surface area contributed by atoms with Crippen LogP contribution < -0.4 is 5.32 Å². The van der Waals surface area contributed by atoms with Crippen LogP contribution in [0.4, 0.5) is 5.69 Å². The predicted octanol–water partition coefficient (Wildman–Crippen LogP) is 5.16. The number of aliphatic imine (C=N–C) groups is 1. The molecule has 0 saturated heterocycles. The Morgan fingerprint density at radius 3 is 2.38 bits per heavy atom. The molecule has 2 aromatic carbocycles. The van der Waals surface area contributed by atoms with Crippen molar-refractivity contribution in [2.24, 2.45) is 4.99 Å². The smallest absolute Gasteiger partial charge is 0.274 e. The highest BCUT2D eigenvalue weighted by atomic mass is 16.2. The minimum atomic E-state index is -0.424. The second-order valence-corrected chi connectivity index (χ2v) is 8.47. The van der Waals surface area contributed by atoms with Gasteiger partial charge in [-0.3, -0.25) is 23.8 Å². The highest BCUT2D eigenvalue weighted by Gasteiger charge is 2.15. The number of amides is 1. The number of fused-ring (bicyclic) bond motifs is 1. The lowest BCUT2D eigenvalue weighted by molar-refractivity contribution is -0.113. The Morgan fingerprint density at radius 1 is 0.973 bits per heavy atom. The van der Waals surface area contributed by atoms with Gasteiger partial charge in [0.05, 0.1) is 0 Å². The van der Waals surface area contributed by atoms with Gasteiger partial charge in [0.25, 0.3) is 5.91 Å². The topological polar surface area (TPSA) is 106 Å². The van der Waals surface area contributed by atoms with E-state index in [2.05, 4.69) is 27.2 Å². The third kappa shape index (κ3) is 5.04. The van der Waals surface area contributed by atoms with Crippen molar-refractivity contribution in [2.45, 2.75) is 20.8 Å². The van der Waals surface area contributed by atoms with Crippen LogP contribution in [0, 0.1) is 13.8 Å². The molecule has 0 atom stereocenters. The minimum Gasteiger partial charge on any atom is -0.320 e. The van der Waals surface area contributed by atoms with Crippen molar-refractivity contribution in [3.8, 4) is 22.3 Å². The molecule has 1 amide bonds. The normalized spacial score (nSPS) is 11.9. The van der Waals surface area contributed by atoms with E-state index < -0.39 is 5.91 Å². The van der Waals surface area contributed by atoms with E-state index in [0.717, 1.165) is 33.4 Å². The maximum atomic E-state index is 12.8. The summed E-state index contributed by atoms with van der Waals surface area (Å²) in [5, 5.41) is 10.9. The lowest BCUT2D eigenvalue weighted by Gasteiger charge is -2.17. The number of rotatable bonds is 8. The van der Waals surface area contributed by atoms with Crippen molar-refractivity contribution < 1.29 is 14.4 Å². The second-order valence-electron chi connectivity index (χ2n) is 8.47. The van der Waals surface area contributed by atoms with Gasteiger partial charge in [0, 0.05) is 11.9 Å². The Balaban J connectivity index is 1.70. The number of aldehydes is 2. The average Bonchev–Trinajstić information content (AvgIpc) is 3.33. The first kappa shape index (κ1) is 25.1. The van der Waals surface area contributed by atoms with E-state index in [-0.39, 0.29) is 11.5 Å². The van der Waals surface area contributed by atoms with Gasteiger partial charge in [0.15, 0.2) is 11.9 Å². The molecule has 1 N–H and O–H groups in total. The summed E-state index contributed by atoms with van der Waals surface area (Å²) in [6.07, 6.45) is 6.14. The molecule has 0 spiro atoms. The maximum Gasteiger partial charge on any atom is 0.274 e. The molecule has 0 aliphatic rings. The van der Waals surface area contributed by atoms with Gasteiger partial charge in [-0.15, -0.1) is 10.2 Å². The monoisotopic (exact) mass is 491 g/mol. The van der Waals surface area contributed by atoms with Crippen molar-refractivity contribution in [2.75, 3.05) is 5.32 Å². The first-order chi connectivity index (χ1) is 17.9. The number of hydrogen-bond acceptors (Lipinski definition) is 6. The van der Waals surface area contributed by atoms with E-state index in [1.807, 2.05) is 62.4 Å². The summed E-state index contributed by atoms with van der Waals surface area (Å²) < 4.78 is 1.64. The van der Waals surface area contributed by atoms with Gasteiger partial charge in [-0.1, -0.05) is 36.4 Å². The summed E-state index contributed by atoms with van der Waals surface area (Å²) in [5.41, 5.74) is 7.69. The number of hydrogen-bond donors (Lipinski definition) is 1. The molecule has 8 heteroatoms. The van der Waals surface area contributed by atoms with Crippen LogP contribution in [0.1, 0.15) is 28.7 Å². The molecule has 0 saturated carbocycles. The first-order valence-electron chi connectivity index (χ1n) is 11.5. The lowest BCUT2D eigenvalue weighted by atomic mass is 9.90. The van der Waals surface area contributed by atoms with Crippen LogP contribution in [0.15, 0.2) is 83.1 Å². The van der Waals surface area contributed by atoms with Crippen molar-refractivity contribution in [1.82, 2.24) is 14.6 Å². The average molecular weight is 492 g/mol. The zero-order valence-electron chi connectivity index (χ0n) is 20.7. The molecule has 0 aliphatic carbocycles. The quantitative estimate of drug-likeness (QED) is 0.159. The molecule has 8 nitrogen and oxygen atoms in total. The molecule has 2 aromatic heterocycles. The fourth-order valence-electron chi connectivity index (χ4n) is 4.10. The zero-order chi connectivity index (χ0) is 26.5. The Kier molecular flexibility index (Phi) is 7.29. The molecule has 4 rings (SSSR count). The number of benzene rings is 2.